The van der Waals surface area contributed by atoms with Crippen LogP contribution in [0.15, 0.2) is 60.7 Å². The second kappa shape index (κ2) is 10.9. The standard InChI is InChI=1S/C24H24INO5/c1-4-30-22-13-17(12-19(25)23(22)31-15-16-8-6-5-7-9-16)24(27)26-20-14-18(28-2)10-11-21(20)29-3/h5-14H,4,15H2,1-3H3,(H,26,27). The van der Waals surface area contributed by atoms with E-state index in [1.807, 2.05) is 37.3 Å². The van der Waals surface area contributed by atoms with Crippen molar-refractivity contribution in [2.45, 2.75) is 13.5 Å². The van der Waals surface area contributed by atoms with Crippen LogP contribution in [0.1, 0.15) is 22.8 Å². The van der Waals surface area contributed by atoms with Crippen LogP contribution in [-0.4, -0.2) is 26.7 Å². The van der Waals surface area contributed by atoms with Crippen molar-refractivity contribution in [1.82, 2.24) is 0 Å². The van der Waals surface area contributed by atoms with Gasteiger partial charge < -0.3 is 24.3 Å². The number of nitrogens with one attached hydrogen (secondary N) is 1. The van der Waals surface area contributed by atoms with Gasteiger partial charge in [-0.15, -0.1) is 0 Å². The summed E-state index contributed by atoms with van der Waals surface area (Å²) in [6.45, 7) is 2.75. The fraction of sp³-hybridized carbons (Fsp3) is 0.208. The summed E-state index contributed by atoms with van der Waals surface area (Å²) in [5.74, 6) is 2.00. The maximum Gasteiger partial charge on any atom is 0.255 e. The number of benzene rings is 3. The second-order valence-electron chi connectivity index (χ2n) is 6.51. The van der Waals surface area contributed by atoms with Gasteiger partial charge in [-0.1, -0.05) is 30.3 Å². The lowest BCUT2D eigenvalue weighted by molar-refractivity contribution is 0.102. The number of methoxy groups -OCH3 is 2. The van der Waals surface area contributed by atoms with Crippen molar-refractivity contribution in [2.75, 3.05) is 26.1 Å². The molecule has 3 aromatic rings. The first kappa shape index (κ1) is 22.7. The van der Waals surface area contributed by atoms with E-state index in [4.69, 9.17) is 18.9 Å². The van der Waals surface area contributed by atoms with Crippen LogP contribution in [0.2, 0.25) is 0 Å². The maximum atomic E-state index is 13.0. The molecule has 0 aliphatic heterocycles. The summed E-state index contributed by atoms with van der Waals surface area (Å²) in [6.07, 6.45) is 0. The van der Waals surface area contributed by atoms with Gasteiger partial charge in [0, 0.05) is 11.6 Å². The van der Waals surface area contributed by atoms with Crippen LogP contribution in [0.5, 0.6) is 23.0 Å². The molecule has 0 saturated carbocycles. The Balaban J connectivity index is 1.85. The van der Waals surface area contributed by atoms with E-state index >= 15 is 0 Å². The molecule has 1 amide bonds. The van der Waals surface area contributed by atoms with Crippen molar-refractivity contribution in [3.05, 3.63) is 75.4 Å². The fourth-order valence-corrected chi connectivity index (χ4v) is 3.70. The van der Waals surface area contributed by atoms with E-state index in [0.29, 0.717) is 47.5 Å². The molecule has 0 aromatic heterocycles. The first-order valence-corrected chi connectivity index (χ1v) is 10.8. The molecule has 6 nitrogen and oxygen atoms in total. The number of rotatable bonds is 9. The minimum Gasteiger partial charge on any atom is -0.497 e. The number of hydrogen-bond donors (Lipinski definition) is 1. The monoisotopic (exact) mass is 533 g/mol. The highest BCUT2D eigenvalue weighted by atomic mass is 127. The van der Waals surface area contributed by atoms with Gasteiger partial charge in [0.2, 0.25) is 0 Å². The van der Waals surface area contributed by atoms with E-state index in [1.54, 1.807) is 44.6 Å². The summed E-state index contributed by atoms with van der Waals surface area (Å²) in [4.78, 5) is 13.0. The summed E-state index contributed by atoms with van der Waals surface area (Å²) >= 11 is 2.15. The fourth-order valence-electron chi connectivity index (χ4n) is 2.94. The maximum absolute atomic E-state index is 13.0. The molecule has 162 valence electrons. The molecule has 0 radical (unpaired) electrons. The Bertz CT molecular complexity index is 1040. The predicted octanol–water partition coefficient (Wildman–Crippen LogP) is 5.54. The third-order valence-corrected chi connectivity index (χ3v) is 5.25. The number of amides is 1. The van der Waals surface area contributed by atoms with Crippen LogP contribution in [0.25, 0.3) is 0 Å². The first-order chi connectivity index (χ1) is 15.0. The van der Waals surface area contributed by atoms with Crippen LogP contribution in [0, 0.1) is 3.57 Å². The normalized spacial score (nSPS) is 10.3. The van der Waals surface area contributed by atoms with Gasteiger partial charge in [0.05, 0.1) is 30.1 Å². The largest absolute Gasteiger partial charge is 0.497 e. The van der Waals surface area contributed by atoms with E-state index in [9.17, 15) is 4.79 Å². The first-order valence-electron chi connectivity index (χ1n) is 9.72. The van der Waals surface area contributed by atoms with Gasteiger partial charge in [0.1, 0.15) is 18.1 Å². The van der Waals surface area contributed by atoms with Crippen LogP contribution in [0.4, 0.5) is 5.69 Å². The predicted molar refractivity (Wildman–Crippen MR) is 129 cm³/mol. The lowest BCUT2D eigenvalue weighted by Crippen LogP contribution is -2.14. The lowest BCUT2D eigenvalue weighted by Gasteiger charge is -2.16. The van der Waals surface area contributed by atoms with Crippen LogP contribution in [0.3, 0.4) is 0 Å². The second-order valence-corrected chi connectivity index (χ2v) is 7.68. The van der Waals surface area contributed by atoms with Gasteiger partial charge >= 0.3 is 0 Å². The zero-order valence-electron chi connectivity index (χ0n) is 17.6. The number of carbonyl (C=O) groups is 1. The lowest BCUT2D eigenvalue weighted by atomic mass is 10.1. The van der Waals surface area contributed by atoms with Crippen molar-refractivity contribution in [1.29, 1.82) is 0 Å². The molecule has 0 fully saturated rings. The van der Waals surface area contributed by atoms with Crippen molar-refractivity contribution < 1.29 is 23.7 Å². The molecule has 0 aliphatic rings. The molecular weight excluding hydrogens is 509 g/mol. The van der Waals surface area contributed by atoms with Gasteiger partial charge in [-0.25, -0.2) is 0 Å². The van der Waals surface area contributed by atoms with E-state index < -0.39 is 0 Å². The number of ether oxygens (including phenoxy) is 4. The van der Waals surface area contributed by atoms with Gasteiger partial charge in [-0.2, -0.15) is 0 Å². The molecule has 3 rings (SSSR count). The molecular formula is C24H24INO5. The minimum atomic E-state index is -0.292. The number of anilines is 1. The Morgan fingerprint density at radius 2 is 1.71 bits per heavy atom. The number of halogens is 1. The highest BCUT2D eigenvalue weighted by molar-refractivity contribution is 14.1. The third kappa shape index (κ3) is 5.81. The average molecular weight is 533 g/mol. The Morgan fingerprint density at radius 1 is 0.935 bits per heavy atom. The van der Waals surface area contributed by atoms with E-state index in [0.717, 1.165) is 9.13 Å². The Hall–Kier alpha value is -2.94. The molecule has 1 N–H and O–H groups in total. The van der Waals surface area contributed by atoms with Crippen LogP contribution in [-0.2, 0) is 6.61 Å². The smallest absolute Gasteiger partial charge is 0.255 e. The van der Waals surface area contributed by atoms with Crippen LogP contribution < -0.4 is 24.3 Å². The van der Waals surface area contributed by atoms with E-state index in [1.165, 1.54) is 0 Å². The summed E-state index contributed by atoms with van der Waals surface area (Å²) in [5.41, 5.74) is 2.02. The van der Waals surface area contributed by atoms with Crippen molar-refractivity contribution in [3.63, 3.8) is 0 Å². The van der Waals surface area contributed by atoms with Gasteiger partial charge in [0.15, 0.2) is 11.5 Å². The highest BCUT2D eigenvalue weighted by Crippen LogP contribution is 2.36. The SMILES string of the molecule is CCOc1cc(C(=O)Nc2cc(OC)ccc2OC)cc(I)c1OCc1ccccc1. The Morgan fingerprint density at radius 3 is 2.39 bits per heavy atom. The molecule has 0 heterocycles. The number of carbonyl (C=O) groups excluding carboxylic acids is 1. The van der Waals surface area contributed by atoms with E-state index in [-0.39, 0.29) is 5.91 Å². The molecule has 0 spiro atoms. The van der Waals surface area contributed by atoms with Crippen molar-refractivity contribution in [2.24, 2.45) is 0 Å². The molecule has 0 atom stereocenters. The molecule has 0 unspecified atom stereocenters. The molecule has 0 bridgehead atoms. The summed E-state index contributed by atoms with van der Waals surface area (Å²) in [6, 6.07) is 18.6. The molecule has 3 aromatic carbocycles. The van der Waals surface area contributed by atoms with E-state index in [2.05, 4.69) is 27.9 Å². The summed E-state index contributed by atoms with van der Waals surface area (Å²) in [5, 5.41) is 2.88. The van der Waals surface area contributed by atoms with Crippen molar-refractivity contribution in [3.8, 4) is 23.0 Å². The van der Waals surface area contributed by atoms with Gasteiger partial charge in [-0.05, 0) is 59.3 Å². The average Bonchev–Trinajstić information content (AvgIpc) is 2.79. The minimum absolute atomic E-state index is 0.292. The van der Waals surface area contributed by atoms with Crippen molar-refractivity contribution >= 4 is 34.2 Å². The number of hydrogen-bond acceptors (Lipinski definition) is 5. The Labute approximate surface area is 195 Å². The molecule has 0 saturated heterocycles. The third-order valence-electron chi connectivity index (χ3n) is 4.45. The van der Waals surface area contributed by atoms with Crippen LogP contribution >= 0.6 is 22.6 Å². The van der Waals surface area contributed by atoms with Gasteiger partial charge in [0.25, 0.3) is 5.91 Å². The zero-order valence-corrected chi connectivity index (χ0v) is 19.8. The topological polar surface area (TPSA) is 66.0 Å². The quantitative estimate of drug-likeness (QED) is 0.366. The molecule has 7 heteroatoms. The molecule has 0 aliphatic carbocycles. The highest BCUT2D eigenvalue weighted by Gasteiger charge is 2.18. The molecule has 31 heavy (non-hydrogen) atoms. The summed E-state index contributed by atoms with van der Waals surface area (Å²) in [7, 11) is 3.12. The Kier molecular flexibility index (Phi) is 8.00. The van der Waals surface area contributed by atoms with Gasteiger partial charge in [-0.3, -0.25) is 4.79 Å². The zero-order chi connectivity index (χ0) is 22.2. The summed E-state index contributed by atoms with van der Waals surface area (Å²) < 4.78 is 23.2.